The Hall–Kier alpha value is -3.35. The van der Waals surface area contributed by atoms with E-state index in [0.717, 1.165) is 4.90 Å². The SMILES string of the molecule is COc1ccccc1C(NC(=O)OC(C)(C)C)N1C(=O)c2ccccc2C1=O. The van der Waals surface area contributed by atoms with Gasteiger partial charge in [0, 0.05) is 5.56 Å². The van der Waals surface area contributed by atoms with Gasteiger partial charge in [-0.1, -0.05) is 30.3 Å². The van der Waals surface area contributed by atoms with Crippen LogP contribution in [-0.2, 0) is 4.74 Å². The number of imide groups is 1. The van der Waals surface area contributed by atoms with Gasteiger partial charge in [0.25, 0.3) is 11.8 Å². The molecule has 1 N–H and O–H groups in total. The first-order valence-electron chi connectivity index (χ1n) is 8.82. The Balaban J connectivity index is 2.03. The Morgan fingerprint density at radius 3 is 2.04 bits per heavy atom. The van der Waals surface area contributed by atoms with E-state index in [1.807, 2.05) is 0 Å². The molecule has 1 aliphatic heterocycles. The van der Waals surface area contributed by atoms with Crippen LogP contribution >= 0.6 is 0 Å². The number of carbonyl (C=O) groups excluding carboxylic acids is 3. The first-order valence-corrected chi connectivity index (χ1v) is 8.82. The third kappa shape index (κ3) is 3.69. The number of hydrogen-bond acceptors (Lipinski definition) is 5. The van der Waals surface area contributed by atoms with Gasteiger partial charge in [-0.05, 0) is 39.0 Å². The quantitative estimate of drug-likeness (QED) is 0.818. The van der Waals surface area contributed by atoms with E-state index in [4.69, 9.17) is 9.47 Å². The van der Waals surface area contributed by atoms with Crippen LogP contribution in [0.3, 0.4) is 0 Å². The number of rotatable bonds is 4. The van der Waals surface area contributed by atoms with Crippen LogP contribution in [0.1, 0.15) is 53.2 Å². The van der Waals surface area contributed by atoms with Crippen molar-refractivity contribution < 1.29 is 23.9 Å². The molecule has 0 spiro atoms. The van der Waals surface area contributed by atoms with E-state index in [9.17, 15) is 14.4 Å². The molecule has 0 aromatic heterocycles. The minimum atomic E-state index is -1.08. The average Bonchev–Trinajstić information content (AvgIpc) is 2.89. The molecule has 0 aliphatic carbocycles. The van der Waals surface area contributed by atoms with Gasteiger partial charge in [-0.15, -0.1) is 0 Å². The minimum absolute atomic E-state index is 0.290. The average molecular weight is 382 g/mol. The molecule has 3 rings (SSSR count). The lowest BCUT2D eigenvalue weighted by atomic mass is 10.1. The zero-order chi connectivity index (χ0) is 20.5. The summed E-state index contributed by atoms with van der Waals surface area (Å²) in [5.74, 6) is -0.555. The highest BCUT2D eigenvalue weighted by molar-refractivity contribution is 6.21. The normalized spacial score (nSPS) is 14.5. The molecule has 2 aromatic rings. The summed E-state index contributed by atoms with van der Waals surface area (Å²) in [6, 6.07) is 13.4. The molecule has 146 valence electrons. The second kappa shape index (κ2) is 7.34. The molecule has 1 aliphatic rings. The maximum Gasteiger partial charge on any atom is 0.409 e. The molecule has 28 heavy (non-hydrogen) atoms. The summed E-state index contributed by atoms with van der Waals surface area (Å²) in [6.45, 7) is 5.19. The molecule has 7 heteroatoms. The lowest BCUT2D eigenvalue weighted by molar-refractivity contribution is 0.0383. The van der Waals surface area contributed by atoms with Gasteiger partial charge in [0.2, 0.25) is 0 Å². The number of nitrogens with one attached hydrogen (secondary N) is 1. The molecule has 2 aromatic carbocycles. The van der Waals surface area contributed by atoms with E-state index < -0.39 is 29.7 Å². The maximum absolute atomic E-state index is 13.0. The van der Waals surface area contributed by atoms with E-state index in [-0.39, 0.29) is 0 Å². The van der Waals surface area contributed by atoms with Crippen molar-refractivity contribution in [1.82, 2.24) is 10.2 Å². The van der Waals surface area contributed by atoms with Crippen LogP contribution in [0.25, 0.3) is 0 Å². The number of hydrogen-bond donors (Lipinski definition) is 1. The number of para-hydroxylation sites is 1. The predicted molar refractivity (Wildman–Crippen MR) is 102 cm³/mol. The van der Waals surface area contributed by atoms with E-state index >= 15 is 0 Å². The summed E-state index contributed by atoms with van der Waals surface area (Å²) in [5.41, 5.74) is 0.305. The van der Waals surface area contributed by atoms with Crippen molar-refractivity contribution in [2.45, 2.75) is 32.5 Å². The van der Waals surface area contributed by atoms with E-state index in [2.05, 4.69) is 5.32 Å². The summed E-state index contributed by atoms with van der Waals surface area (Å²) >= 11 is 0. The summed E-state index contributed by atoms with van der Waals surface area (Å²) < 4.78 is 10.7. The largest absolute Gasteiger partial charge is 0.496 e. The van der Waals surface area contributed by atoms with Crippen LogP contribution in [0.5, 0.6) is 5.75 Å². The molecule has 0 bridgehead atoms. The van der Waals surface area contributed by atoms with Gasteiger partial charge < -0.3 is 9.47 Å². The molecule has 1 atom stereocenters. The molecule has 7 nitrogen and oxygen atoms in total. The van der Waals surface area contributed by atoms with Gasteiger partial charge in [-0.3, -0.25) is 14.9 Å². The van der Waals surface area contributed by atoms with Gasteiger partial charge in [0.15, 0.2) is 0 Å². The summed E-state index contributed by atoms with van der Waals surface area (Å²) in [6.07, 6.45) is -1.83. The lowest BCUT2D eigenvalue weighted by Gasteiger charge is -2.29. The van der Waals surface area contributed by atoms with Crippen LogP contribution in [0.4, 0.5) is 4.79 Å². The summed E-state index contributed by atoms with van der Waals surface area (Å²) in [5, 5.41) is 2.65. The molecular weight excluding hydrogens is 360 g/mol. The highest BCUT2D eigenvalue weighted by Crippen LogP contribution is 2.34. The Morgan fingerprint density at radius 1 is 0.964 bits per heavy atom. The minimum Gasteiger partial charge on any atom is -0.496 e. The second-order valence-electron chi connectivity index (χ2n) is 7.32. The van der Waals surface area contributed by atoms with Gasteiger partial charge in [0.05, 0.1) is 18.2 Å². The lowest BCUT2D eigenvalue weighted by Crippen LogP contribution is -2.46. The number of ether oxygens (including phenoxy) is 2. The van der Waals surface area contributed by atoms with Crippen molar-refractivity contribution in [3.05, 3.63) is 65.2 Å². The van der Waals surface area contributed by atoms with Crippen molar-refractivity contribution in [1.29, 1.82) is 0 Å². The van der Waals surface area contributed by atoms with Gasteiger partial charge in [-0.25, -0.2) is 9.69 Å². The fourth-order valence-corrected chi connectivity index (χ4v) is 3.04. The third-order valence-corrected chi connectivity index (χ3v) is 4.17. The van der Waals surface area contributed by atoms with Crippen LogP contribution in [-0.4, -0.2) is 35.5 Å². The molecular formula is C21H22N2O5. The molecule has 3 amide bonds. The molecule has 1 unspecified atom stereocenters. The van der Waals surface area contributed by atoms with Crippen molar-refractivity contribution in [3.63, 3.8) is 0 Å². The number of methoxy groups -OCH3 is 1. The van der Waals surface area contributed by atoms with Crippen LogP contribution in [0, 0.1) is 0 Å². The van der Waals surface area contributed by atoms with Crippen LogP contribution in [0.15, 0.2) is 48.5 Å². The number of carbonyl (C=O) groups is 3. The Kier molecular flexibility index (Phi) is 5.09. The monoisotopic (exact) mass is 382 g/mol. The van der Waals surface area contributed by atoms with Crippen molar-refractivity contribution >= 4 is 17.9 Å². The summed E-state index contributed by atoms with van der Waals surface area (Å²) in [4.78, 5) is 39.4. The Bertz CT molecular complexity index is 897. The molecule has 0 fully saturated rings. The van der Waals surface area contributed by atoms with E-state index in [0.29, 0.717) is 22.4 Å². The predicted octanol–water partition coefficient (Wildman–Crippen LogP) is 3.51. The summed E-state index contributed by atoms with van der Waals surface area (Å²) in [7, 11) is 1.48. The number of nitrogens with zero attached hydrogens (tertiary/aromatic N) is 1. The van der Waals surface area contributed by atoms with Gasteiger partial charge >= 0.3 is 6.09 Å². The zero-order valence-corrected chi connectivity index (χ0v) is 16.2. The second-order valence-corrected chi connectivity index (χ2v) is 7.32. The van der Waals surface area contributed by atoms with Gasteiger partial charge in [0.1, 0.15) is 17.5 Å². The van der Waals surface area contributed by atoms with Gasteiger partial charge in [-0.2, -0.15) is 0 Å². The number of amides is 3. The first kappa shape index (κ1) is 19.4. The first-order chi connectivity index (χ1) is 13.2. The molecule has 0 saturated heterocycles. The fraction of sp³-hybridized carbons (Fsp3) is 0.286. The molecule has 0 radical (unpaired) electrons. The molecule has 1 heterocycles. The number of alkyl carbamates (subject to hydrolysis) is 1. The van der Waals surface area contributed by atoms with Crippen LogP contribution < -0.4 is 10.1 Å². The highest BCUT2D eigenvalue weighted by atomic mass is 16.6. The number of fused-ring (bicyclic) bond motifs is 1. The Labute approximate surface area is 163 Å². The standard InChI is InChI=1S/C21H22N2O5/c1-21(2,3)28-20(26)22-17(15-11-7-8-12-16(15)27-4)23-18(24)13-9-5-6-10-14(13)19(23)25/h5-12,17H,1-4H3,(H,22,26). The van der Waals surface area contributed by atoms with Crippen molar-refractivity contribution in [2.75, 3.05) is 7.11 Å². The van der Waals surface area contributed by atoms with Crippen molar-refractivity contribution in [2.24, 2.45) is 0 Å². The van der Waals surface area contributed by atoms with Crippen molar-refractivity contribution in [3.8, 4) is 5.75 Å². The Morgan fingerprint density at radius 2 is 1.50 bits per heavy atom. The topological polar surface area (TPSA) is 84.9 Å². The highest BCUT2D eigenvalue weighted by Gasteiger charge is 2.42. The van der Waals surface area contributed by atoms with E-state index in [1.165, 1.54) is 7.11 Å². The smallest absolute Gasteiger partial charge is 0.409 e. The maximum atomic E-state index is 13.0. The van der Waals surface area contributed by atoms with Crippen LogP contribution in [0.2, 0.25) is 0 Å². The van der Waals surface area contributed by atoms with E-state index in [1.54, 1.807) is 69.3 Å². The zero-order valence-electron chi connectivity index (χ0n) is 16.2. The molecule has 0 saturated carbocycles. The fourth-order valence-electron chi connectivity index (χ4n) is 3.04. The number of benzene rings is 2. The third-order valence-electron chi connectivity index (χ3n) is 4.17.